The number of carboxylic acids is 1. The molecule has 1 aromatic carbocycles. The van der Waals surface area contributed by atoms with Crippen LogP contribution >= 0.6 is 22.6 Å². The van der Waals surface area contributed by atoms with Gasteiger partial charge in [-0.15, -0.1) is 0 Å². The van der Waals surface area contributed by atoms with Crippen LogP contribution in [0.15, 0.2) is 46.1 Å². The minimum Gasteiger partial charge on any atom is -0.478 e. The van der Waals surface area contributed by atoms with Crippen molar-refractivity contribution in [3.05, 3.63) is 51.5 Å². The second-order valence-electron chi connectivity index (χ2n) is 3.90. The second kappa shape index (κ2) is 5.94. The molecule has 0 aliphatic rings. The van der Waals surface area contributed by atoms with Crippen LogP contribution in [0, 0.1) is 3.57 Å². The molecule has 2 rings (SSSR count). The molecule has 0 bridgehead atoms. The highest BCUT2D eigenvalue weighted by atomic mass is 127. The maximum atomic E-state index is 12.1. The van der Waals surface area contributed by atoms with E-state index in [2.05, 4.69) is 4.72 Å². The number of halogens is 1. The van der Waals surface area contributed by atoms with Gasteiger partial charge >= 0.3 is 5.97 Å². The molecule has 1 heterocycles. The maximum absolute atomic E-state index is 12.1. The van der Waals surface area contributed by atoms with Crippen molar-refractivity contribution in [2.75, 3.05) is 0 Å². The van der Waals surface area contributed by atoms with Gasteiger partial charge in [0.05, 0.1) is 23.0 Å². The number of furan rings is 1. The lowest BCUT2D eigenvalue weighted by Gasteiger charge is -2.07. The van der Waals surface area contributed by atoms with Crippen molar-refractivity contribution in [1.82, 2.24) is 4.72 Å². The number of hydrogen-bond donors (Lipinski definition) is 2. The van der Waals surface area contributed by atoms with E-state index in [1.54, 1.807) is 6.07 Å². The summed E-state index contributed by atoms with van der Waals surface area (Å²) in [5, 5.41) is 9.00. The van der Waals surface area contributed by atoms with Crippen molar-refractivity contribution in [2.45, 2.75) is 11.4 Å². The van der Waals surface area contributed by atoms with Crippen LogP contribution in [0.3, 0.4) is 0 Å². The van der Waals surface area contributed by atoms with Gasteiger partial charge < -0.3 is 9.52 Å². The van der Waals surface area contributed by atoms with E-state index in [1.807, 2.05) is 22.6 Å². The van der Waals surface area contributed by atoms with Gasteiger partial charge in [-0.1, -0.05) is 0 Å². The molecule has 106 valence electrons. The average Bonchev–Trinajstić information content (AvgIpc) is 2.89. The fourth-order valence-corrected chi connectivity index (χ4v) is 3.10. The number of carbonyl (C=O) groups is 1. The SMILES string of the molecule is O=C(O)c1cc(S(=O)(=O)NCc2ccoc2)ccc1I. The highest BCUT2D eigenvalue weighted by Crippen LogP contribution is 2.18. The predicted octanol–water partition coefficient (Wildman–Crippen LogP) is 2.06. The molecule has 0 spiro atoms. The molecule has 0 aliphatic heterocycles. The minimum atomic E-state index is -3.77. The summed E-state index contributed by atoms with van der Waals surface area (Å²) in [7, 11) is -3.77. The van der Waals surface area contributed by atoms with E-state index in [0.717, 1.165) is 6.07 Å². The van der Waals surface area contributed by atoms with Gasteiger partial charge in [-0.2, -0.15) is 0 Å². The Hall–Kier alpha value is -1.39. The fourth-order valence-electron chi connectivity index (χ4n) is 1.49. The van der Waals surface area contributed by atoms with Gasteiger partial charge in [-0.25, -0.2) is 17.9 Å². The Kier molecular flexibility index (Phi) is 4.45. The number of benzene rings is 1. The van der Waals surface area contributed by atoms with Crippen LogP contribution in [0.4, 0.5) is 0 Å². The molecule has 0 aliphatic carbocycles. The van der Waals surface area contributed by atoms with E-state index < -0.39 is 16.0 Å². The van der Waals surface area contributed by atoms with Gasteiger partial charge in [0.15, 0.2) is 0 Å². The highest BCUT2D eigenvalue weighted by Gasteiger charge is 2.18. The first-order valence-electron chi connectivity index (χ1n) is 5.44. The van der Waals surface area contributed by atoms with Gasteiger partial charge in [-0.05, 0) is 46.9 Å². The van der Waals surface area contributed by atoms with Crippen LogP contribution in [0.25, 0.3) is 0 Å². The smallest absolute Gasteiger partial charge is 0.336 e. The fraction of sp³-hybridized carbons (Fsp3) is 0.0833. The first kappa shape index (κ1) is 15.0. The Morgan fingerprint density at radius 1 is 1.35 bits per heavy atom. The number of aromatic carboxylic acids is 1. The highest BCUT2D eigenvalue weighted by molar-refractivity contribution is 14.1. The Bertz CT molecular complexity index is 724. The first-order valence-corrected chi connectivity index (χ1v) is 8.00. The van der Waals surface area contributed by atoms with Crippen molar-refractivity contribution in [3.63, 3.8) is 0 Å². The molecule has 6 nitrogen and oxygen atoms in total. The molecule has 0 atom stereocenters. The van der Waals surface area contributed by atoms with Crippen LogP contribution < -0.4 is 4.72 Å². The van der Waals surface area contributed by atoms with Crippen LogP contribution in [0.1, 0.15) is 15.9 Å². The van der Waals surface area contributed by atoms with Gasteiger partial charge in [-0.3, -0.25) is 0 Å². The molecular formula is C12H10INO5S. The van der Waals surface area contributed by atoms with Crippen LogP contribution in [-0.2, 0) is 16.6 Å². The topological polar surface area (TPSA) is 96.6 Å². The molecular weight excluding hydrogens is 397 g/mol. The maximum Gasteiger partial charge on any atom is 0.336 e. The largest absolute Gasteiger partial charge is 0.478 e. The summed E-state index contributed by atoms with van der Waals surface area (Å²) in [4.78, 5) is 10.9. The Morgan fingerprint density at radius 2 is 2.10 bits per heavy atom. The van der Waals surface area contributed by atoms with Crippen molar-refractivity contribution in [1.29, 1.82) is 0 Å². The van der Waals surface area contributed by atoms with E-state index in [-0.39, 0.29) is 17.0 Å². The summed E-state index contributed by atoms with van der Waals surface area (Å²) in [5.74, 6) is -1.17. The molecule has 0 saturated carbocycles. The van der Waals surface area contributed by atoms with Gasteiger partial charge in [0.25, 0.3) is 0 Å². The van der Waals surface area contributed by atoms with Gasteiger partial charge in [0.2, 0.25) is 10.0 Å². The summed E-state index contributed by atoms with van der Waals surface area (Å²) in [6.07, 6.45) is 2.87. The monoisotopic (exact) mass is 407 g/mol. The molecule has 2 aromatic rings. The lowest BCUT2D eigenvalue weighted by Crippen LogP contribution is -2.23. The quantitative estimate of drug-likeness (QED) is 0.740. The summed E-state index contributed by atoms with van der Waals surface area (Å²) in [6, 6.07) is 5.60. The predicted molar refractivity (Wildman–Crippen MR) is 78.9 cm³/mol. The van der Waals surface area contributed by atoms with Crippen molar-refractivity contribution < 1.29 is 22.7 Å². The number of hydrogen-bond acceptors (Lipinski definition) is 4. The number of nitrogens with one attached hydrogen (secondary N) is 1. The van der Waals surface area contributed by atoms with E-state index in [9.17, 15) is 13.2 Å². The minimum absolute atomic E-state index is 0.0446. The Labute approximate surface area is 129 Å². The second-order valence-corrected chi connectivity index (χ2v) is 6.83. The third-order valence-corrected chi connectivity index (χ3v) is 4.86. The lowest BCUT2D eigenvalue weighted by molar-refractivity contribution is 0.0695. The van der Waals surface area contributed by atoms with Crippen LogP contribution in [0.5, 0.6) is 0 Å². The molecule has 20 heavy (non-hydrogen) atoms. The molecule has 0 fully saturated rings. The molecule has 1 aromatic heterocycles. The molecule has 0 saturated heterocycles. The van der Waals surface area contributed by atoms with Crippen molar-refractivity contribution >= 4 is 38.6 Å². The van der Waals surface area contributed by atoms with Gasteiger partial charge in [0, 0.05) is 15.7 Å². The lowest BCUT2D eigenvalue weighted by atomic mass is 10.2. The van der Waals surface area contributed by atoms with Crippen molar-refractivity contribution in [2.24, 2.45) is 0 Å². The Morgan fingerprint density at radius 3 is 2.70 bits per heavy atom. The zero-order chi connectivity index (χ0) is 14.8. The van der Waals surface area contributed by atoms with E-state index in [0.29, 0.717) is 9.13 Å². The van der Waals surface area contributed by atoms with Crippen LogP contribution in [0.2, 0.25) is 0 Å². The molecule has 0 unspecified atom stereocenters. The van der Waals surface area contributed by atoms with E-state index in [1.165, 1.54) is 24.7 Å². The van der Waals surface area contributed by atoms with Crippen LogP contribution in [-0.4, -0.2) is 19.5 Å². The van der Waals surface area contributed by atoms with Crippen molar-refractivity contribution in [3.8, 4) is 0 Å². The summed E-state index contributed by atoms with van der Waals surface area (Å²) < 4.78 is 31.8. The zero-order valence-electron chi connectivity index (χ0n) is 10.0. The van der Waals surface area contributed by atoms with Gasteiger partial charge in [0.1, 0.15) is 0 Å². The summed E-state index contributed by atoms with van der Waals surface area (Å²) >= 11 is 1.84. The molecule has 0 amide bonds. The average molecular weight is 407 g/mol. The van der Waals surface area contributed by atoms with E-state index >= 15 is 0 Å². The normalized spacial score (nSPS) is 11.4. The number of rotatable bonds is 5. The van der Waals surface area contributed by atoms with E-state index in [4.69, 9.17) is 9.52 Å². The third-order valence-electron chi connectivity index (χ3n) is 2.52. The molecule has 8 heteroatoms. The summed E-state index contributed by atoms with van der Waals surface area (Å²) in [5.41, 5.74) is 0.634. The first-order chi connectivity index (χ1) is 9.40. The zero-order valence-corrected chi connectivity index (χ0v) is 13.0. The molecule has 2 N–H and O–H groups in total. The standard InChI is InChI=1S/C12H10INO5S/c13-11-2-1-9(5-10(11)12(15)16)20(17,18)14-6-8-3-4-19-7-8/h1-5,7,14H,6H2,(H,15,16). The number of sulfonamides is 1. The third kappa shape index (κ3) is 3.38. The summed E-state index contributed by atoms with van der Waals surface area (Å²) in [6.45, 7) is 0.0766. The number of carboxylic acid groups (broad SMARTS) is 1. The Balaban J connectivity index is 2.25. The molecule has 0 radical (unpaired) electrons.